The van der Waals surface area contributed by atoms with Gasteiger partial charge in [0.15, 0.2) is 0 Å². The van der Waals surface area contributed by atoms with Crippen LogP contribution in [-0.4, -0.2) is 40.5 Å². The van der Waals surface area contributed by atoms with Gasteiger partial charge in [-0.1, -0.05) is 15.9 Å². The van der Waals surface area contributed by atoms with Gasteiger partial charge in [-0.25, -0.2) is 8.78 Å². The summed E-state index contributed by atoms with van der Waals surface area (Å²) in [5.74, 6) is -1.88. The largest absolute Gasteiger partial charge is 0.391 e. The molecule has 2 amide bonds. The Morgan fingerprint density at radius 2 is 1.89 bits per heavy atom. The summed E-state index contributed by atoms with van der Waals surface area (Å²) in [7, 11) is 0. The fourth-order valence-corrected chi connectivity index (χ4v) is 3.43. The topological polar surface area (TPSA) is 69.6 Å². The average Bonchev–Trinajstić information content (AvgIpc) is 3.04. The van der Waals surface area contributed by atoms with E-state index in [9.17, 15) is 23.5 Å². The molecule has 0 aromatic heterocycles. The normalized spacial score (nSPS) is 19.2. The molecule has 142 valence electrons. The Hall–Kier alpha value is -2.32. The summed E-state index contributed by atoms with van der Waals surface area (Å²) in [4.78, 5) is 26.4. The predicted molar refractivity (Wildman–Crippen MR) is 97.8 cm³/mol. The second kappa shape index (κ2) is 8.14. The molecule has 5 nitrogen and oxygen atoms in total. The zero-order valence-corrected chi connectivity index (χ0v) is 15.7. The lowest BCUT2D eigenvalue weighted by atomic mass is 10.1. The van der Waals surface area contributed by atoms with Crippen LogP contribution in [-0.2, 0) is 11.3 Å². The number of aliphatic hydroxyl groups excluding tert-OH is 1. The molecule has 2 N–H and O–H groups in total. The van der Waals surface area contributed by atoms with E-state index < -0.39 is 35.6 Å². The van der Waals surface area contributed by atoms with Crippen LogP contribution >= 0.6 is 15.9 Å². The van der Waals surface area contributed by atoms with Crippen LogP contribution in [0.4, 0.5) is 8.78 Å². The molecular formula is C19H17BrF2N2O3. The van der Waals surface area contributed by atoms with Gasteiger partial charge in [-0.2, -0.15) is 0 Å². The maximum atomic E-state index is 13.8. The minimum absolute atomic E-state index is 0.000454. The number of hydrogen-bond donors (Lipinski definition) is 2. The molecule has 2 aromatic rings. The molecule has 2 atom stereocenters. The number of benzene rings is 2. The molecule has 8 heteroatoms. The van der Waals surface area contributed by atoms with Crippen molar-refractivity contribution in [2.75, 3.05) is 6.54 Å². The molecule has 1 aliphatic rings. The third-order valence-electron chi connectivity index (χ3n) is 4.39. The van der Waals surface area contributed by atoms with E-state index in [4.69, 9.17) is 0 Å². The molecule has 0 spiro atoms. The zero-order chi connectivity index (χ0) is 19.6. The Morgan fingerprint density at radius 3 is 2.59 bits per heavy atom. The number of aliphatic hydroxyl groups is 1. The van der Waals surface area contributed by atoms with E-state index in [0.29, 0.717) is 10.0 Å². The van der Waals surface area contributed by atoms with Gasteiger partial charge in [0.1, 0.15) is 17.7 Å². The molecule has 0 bridgehead atoms. The summed E-state index contributed by atoms with van der Waals surface area (Å²) in [6.07, 6.45) is -0.757. The van der Waals surface area contributed by atoms with E-state index in [1.54, 1.807) is 12.1 Å². The highest BCUT2D eigenvalue weighted by atomic mass is 79.9. The van der Waals surface area contributed by atoms with E-state index in [-0.39, 0.29) is 25.1 Å². The van der Waals surface area contributed by atoms with Gasteiger partial charge >= 0.3 is 0 Å². The van der Waals surface area contributed by atoms with E-state index in [0.717, 1.165) is 12.1 Å². The lowest BCUT2D eigenvalue weighted by Crippen LogP contribution is -2.45. The van der Waals surface area contributed by atoms with Crippen LogP contribution in [0.2, 0.25) is 0 Å². The standard InChI is InChI=1S/C19H17BrF2N2O3/c20-13-3-6-16(22)12(7-13)9-23-18(26)17-8-15(25)10-24(17)19(27)11-1-4-14(21)5-2-11/h1-7,15,17,25H,8-10H2,(H,23,26)/t15-,17-/m0/s1. The number of nitrogens with one attached hydrogen (secondary N) is 1. The van der Waals surface area contributed by atoms with Crippen molar-refractivity contribution >= 4 is 27.7 Å². The van der Waals surface area contributed by atoms with Gasteiger partial charge in [-0.3, -0.25) is 9.59 Å². The summed E-state index contributed by atoms with van der Waals surface area (Å²) in [6.45, 7) is -0.0468. The lowest BCUT2D eigenvalue weighted by Gasteiger charge is -2.24. The van der Waals surface area contributed by atoms with E-state index in [1.165, 1.54) is 23.1 Å². The second-order valence-corrected chi connectivity index (χ2v) is 7.24. The number of carbonyl (C=O) groups excluding carboxylic acids is 2. The van der Waals surface area contributed by atoms with Crippen LogP contribution in [0.3, 0.4) is 0 Å². The molecule has 0 aliphatic carbocycles. The Labute approximate surface area is 163 Å². The van der Waals surface area contributed by atoms with Crippen molar-refractivity contribution in [1.29, 1.82) is 0 Å². The first-order valence-corrected chi connectivity index (χ1v) is 9.10. The van der Waals surface area contributed by atoms with E-state index in [1.807, 2.05) is 0 Å². The maximum absolute atomic E-state index is 13.8. The van der Waals surface area contributed by atoms with Gasteiger partial charge in [-0.05, 0) is 42.5 Å². The van der Waals surface area contributed by atoms with Crippen molar-refractivity contribution in [2.24, 2.45) is 0 Å². The Bertz CT molecular complexity index is 861. The number of β-amino-alcohol motifs (C(OH)–C–C–N with tert-alkyl or cyclic N) is 1. The quantitative estimate of drug-likeness (QED) is 0.770. The highest BCUT2D eigenvalue weighted by Crippen LogP contribution is 2.22. The molecule has 27 heavy (non-hydrogen) atoms. The predicted octanol–water partition coefficient (Wildman–Crippen LogP) is 2.62. The third kappa shape index (κ3) is 4.51. The van der Waals surface area contributed by atoms with Gasteiger partial charge in [0.2, 0.25) is 5.91 Å². The Kier molecular flexibility index (Phi) is 5.86. The van der Waals surface area contributed by atoms with Crippen LogP contribution in [0.15, 0.2) is 46.9 Å². The summed E-state index contributed by atoms with van der Waals surface area (Å²) < 4.78 is 27.5. The number of rotatable bonds is 4. The van der Waals surface area contributed by atoms with Gasteiger partial charge in [0.05, 0.1) is 6.10 Å². The molecule has 1 aliphatic heterocycles. The highest BCUT2D eigenvalue weighted by molar-refractivity contribution is 9.10. The smallest absolute Gasteiger partial charge is 0.254 e. The molecule has 0 unspecified atom stereocenters. The van der Waals surface area contributed by atoms with Crippen LogP contribution in [0.5, 0.6) is 0 Å². The SMILES string of the molecule is O=C(NCc1cc(Br)ccc1F)[C@@H]1C[C@H](O)CN1C(=O)c1ccc(F)cc1. The van der Waals surface area contributed by atoms with Crippen molar-refractivity contribution in [1.82, 2.24) is 10.2 Å². The van der Waals surface area contributed by atoms with Gasteiger partial charge < -0.3 is 15.3 Å². The van der Waals surface area contributed by atoms with Crippen LogP contribution < -0.4 is 5.32 Å². The number of amides is 2. The van der Waals surface area contributed by atoms with Crippen molar-refractivity contribution < 1.29 is 23.5 Å². The van der Waals surface area contributed by atoms with E-state index in [2.05, 4.69) is 21.2 Å². The lowest BCUT2D eigenvalue weighted by molar-refractivity contribution is -0.125. The molecular weight excluding hydrogens is 422 g/mol. The fraction of sp³-hybridized carbons (Fsp3) is 0.263. The molecule has 0 saturated carbocycles. The Balaban J connectivity index is 1.71. The number of hydrogen-bond acceptors (Lipinski definition) is 3. The molecule has 1 saturated heterocycles. The van der Waals surface area contributed by atoms with Crippen LogP contribution in [0.25, 0.3) is 0 Å². The molecule has 3 rings (SSSR count). The minimum atomic E-state index is -0.882. The van der Waals surface area contributed by atoms with Crippen molar-refractivity contribution in [3.05, 3.63) is 69.7 Å². The summed E-state index contributed by atoms with van der Waals surface area (Å²) in [5.41, 5.74) is 0.522. The average molecular weight is 439 g/mol. The summed E-state index contributed by atoms with van der Waals surface area (Å²) in [6, 6.07) is 8.48. The zero-order valence-electron chi connectivity index (χ0n) is 14.2. The van der Waals surface area contributed by atoms with Gasteiger partial charge in [0, 0.05) is 35.1 Å². The van der Waals surface area contributed by atoms with E-state index >= 15 is 0 Å². The first-order valence-electron chi connectivity index (χ1n) is 8.31. The first kappa shape index (κ1) is 19.4. The third-order valence-corrected chi connectivity index (χ3v) is 4.89. The first-order chi connectivity index (χ1) is 12.8. The maximum Gasteiger partial charge on any atom is 0.254 e. The monoisotopic (exact) mass is 438 g/mol. The second-order valence-electron chi connectivity index (χ2n) is 6.32. The van der Waals surface area contributed by atoms with Crippen molar-refractivity contribution in [3.8, 4) is 0 Å². The van der Waals surface area contributed by atoms with Gasteiger partial charge in [-0.15, -0.1) is 0 Å². The number of nitrogens with zero attached hydrogens (tertiary/aromatic N) is 1. The van der Waals surface area contributed by atoms with Crippen molar-refractivity contribution in [2.45, 2.75) is 25.1 Å². The minimum Gasteiger partial charge on any atom is -0.391 e. The number of likely N-dealkylation sites (tertiary alicyclic amines) is 1. The summed E-state index contributed by atoms with van der Waals surface area (Å²) >= 11 is 3.25. The molecule has 0 radical (unpaired) electrons. The fourth-order valence-electron chi connectivity index (χ4n) is 3.02. The Morgan fingerprint density at radius 1 is 1.19 bits per heavy atom. The molecule has 2 aromatic carbocycles. The molecule has 1 fully saturated rings. The van der Waals surface area contributed by atoms with Crippen molar-refractivity contribution in [3.63, 3.8) is 0 Å². The van der Waals surface area contributed by atoms with Gasteiger partial charge in [0.25, 0.3) is 5.91 Å². The number of carbonyl (C=O) groups is 2. The van der Waals surface area contributed by atoms with Crippen LogP contribution in [0.1, 0.15) is 22.3 Å². The summed E-state index contributed by atoms with van der Waals surface area (Å²) in [5, 5.41) is 12.5. The highest BCUT2D eigenvalue weighted by Gasteiger charge is 2.39. The molecule has 1 heterocycles. The number of halogens is 3. The van der Waals surface area contributed by atoms with Crippen LogP contribution in [0, 0.1) is 11.6 Å².